The van der Waals surface area contributed by atoms with E-state index >= 15 is 0 Å². The Balaban J connectivity index is 1.70. The third-order valence-electron chi connectivity index (χ3n) is 3.94. The van der Waals surface area contributed by atoms with Gasteiger partial charge in [0.25, 0.3) is 0 Å². The fourth-order valence-corrected chi connectivity index (χ4v) is 2.38. The number of hydrogen-bond acceptors (Lipinski definition) is 4. The van der Waals surface area contributed by atoms with E-state index in [0.717, 1.165) is 13.1 Å². The largest absolute Gasteiger partial charge is 0.476 e. The molecule has 6 nitrogen and oxygen atoms in total. The molecule has 0 bridgehead atoms. The number of carbonyl (C=O) groups is 1. The van der Waals surface area contributed by atoms with Crippen molar-refractivity contribution in [3.05, 3.63) is 11.9 Å². The van der Waals surface area contributed by atoms with Gasteiger partial charge in [0.05, 0.1) is 12.7 Å². The molecule has 18 heavy (non-hydrogen) atoms. The number of aromatic carboxylic acids is 1. The first-order chi connectivity index (χ1) is 8.65. The van der Waals surface area contributed by atoms with Crippen molar-refractivity contribution in [2.75, 3.05) is 13.1 Å². The summed E-state index contributed by atoms with van der Waals surface area (Å²) in [6.45, 7) is 4.74. The molecule has 0 aromatic carbocycles. The Morgan fingerprint density at radius 3 is 2.89 bits per heavy atom. The predicted molar refractivity (Wildman–Crippen MR) is 66.4 cm³/mol. The lowest BCUT2D eigenvalue weighted by Gasteiger charge is -2.41. The van der Waals surface area contributed by atoms with E-state index in [-0.39, 0.29) is 5.69 Å². The van der Waals surface area contributed by atoms with Crippen LogP contribution in [-0.4, -0.2) is 39.2 Å². The molecule has 1 aromatic rings. The first-order valence-corrected chi connectivity index (χ1v) is 6.49. The molecule has 2 rings (SSSR count). The molecule has 0 saturated heterocycles. The molecule has 100 valence electrons. The minimum absolute atomic E-state index is 0.000906. The van der Waals surface area contributed by atoms with E-state index in [1.54, 1.807) is 4.68 Å². The Kier molecular flexibility index (Phi) is 3.96. The van der Waals surface area contributed by atoms with E-state index in [9.17, 15) is 4.79 Å². The zero-order valence-corrected chi connectivity index (χ0v) is 10.7. The molecular formula is C12H20N4O2. The van der Waals surface area contributed by atoms with Crippen LogP contribution in [0.5, 0.6) is 0 Å². The van der Waals surface area contributed by atoms with Gasteiger partial charge in [0, 0.05) is 13.1 Å². The number of nitrogens with one attached hydrogen (secondary N) is 1. The standard InChI is InChI=1S/C12H20N4O2/c1-2-12(4-3-5-12)9-13-6-7-16-8-10(11(17)18)14-15-16/h8,13H,2-7,9H2,1H3,(H,17,18). The molecule has 1 fully saturated rings. The van der Waals surface area contributed by atoms with Gasteiger partial charge in [0.2, 0.25) is 0 Å². The fourth-order valence-electron chi connectivity index (χ4n) is 2.38. The van der Waals surface area contributed by atoms with Crippen molar-refractivity contribution in [2.45, 2.75) is 39.2 Å². The van der Waals surface area contributed by atoms with Crippen molar-refractivity contribution >= 4 is 5.97 Å². The summed E-state index contributed by atoms with van der Waals surface area (Å²) in [5, 5.41) is 19.5. The van der Waals surface area contributed by atoms with Crippen molar-refractivity contribution in [2.24, 2.45) is 5.41 Å². The second-order valence-electron chi connectivity index (χ2n) is 5.06. The third kappa shape index (κ3) is 2.87. The summed E-state index contributed by atoms with van der Waals surface area (Å²) in [6, 6.07) is 0. The average Bonchev–Trinajstić information content (AvgIpc) is 2.76. The Labute approximate surface area is 106 Å². The Bertz CT molecular complexity index is 406. The van der Waals surface area contributed by atoms with Crippen LogP contribution in [0.1, 0.15) is 43.1 Å². The van der Waals surface area contributed by atoms with Crippen molar-refractivity contribution in [1.29, 1.82) is 0 Å². The van der Waals surface area contributed by atoms with Crippen LogP contribution in [-0.2, 0) is 6.54 Å². The van der Waals surface area contributed by atoms with Gasteiger partial charge < -0.3 is 10.4 Å². The summed E-state index contributed by atoms with van der Waals surface area (Å²) < 4.78 is 1.57. The van der Waals surface area contributed by atoms with E-state index in [1.165, 1.54) is 31.9 Å². The highest BCUT2D eigenvalue weighted by Gasteiger charge is 2.34. The van der Waals surface area contributed by atoms with E-state index in [4.69, 9.17) is 5.11 Å². The van der Waals surface area contributed by atoms with Crippen LogP contribution in [0.25, 0.3) is 0 Å². The number of aromatic nitrogens is 3. The van der Waals surface area contributed by atoms with Gasteiger partial charge in [-0.05, 0) is 24.7 Å². The summed E-state index contributed by atoms with van der Waals surface area (Å²) in [5.41, 5.74) is 0.508. The molecule has 0 radical (unpaired) electrons. The molecule has 6 heteroatoms. The first kappa shape index (κ1) is 13.0. The molecule has 2 N–H and O–H groups in total. The Morgan fingerprint density at radius 1 is 1.61 bits per heavy atom. The van der Waals surface area contributed by atoms with E-state index in [1.807, 2.05) is 0 Å². The number of carboxylic acids is 1. The Hall–Kier alpha value is -1.43. The summed E-state index contributed by atoms with van der Waals surface area (Å²) in [6.07, 6.45) is 6.68. The van der Waals surface area contributed by atoms with Crippen molar-refractivity contribution in [3.63, 3.8) is 0 Å². The number of hydrogen-bond donors (Lipinski definition) is 2. The lowest BCUT2D eigenvalue weighted by atomic mass is 9.67. The van der Waals surface area contributed by atoms with Gasteiger partial charge >= 0.3 is 5.97 Å². The molecular weight excluding hydrogens is 232 g/mol. The highest BCUT2D eigenvalue weighted by Crippen LogP contribution is 2.42. The first-order valence-electron chi connectivity index (χ1n) is 6.49. The molecule has 1 aliphatic rings. The summed E-state index contributed by atoms with van der Waals surface area (Å²) >= 11 is 0. The van der Waals surface area contributed by atoms with Crippen molar-refractivity contribution < 1.29 is 9.90 Å². The fraction of sp³-hybridized carbons (Fsp3) is 0.750. The second-order valence-corrected chi connectivity index (χ2v) is 5.06. The molecule has 1 aromatic heterocycles. The van der Waals surface area contributed by atoms with Gasteiger partial charge in [0.1, 0.15) is 0 Å². The lowest BCUT2D eigenvalue weighted by molar-refractivity contribution is 0.0690. The maximum Gasteiger partial charge on any atom is 0.358 e. The summed E-state index contributed by atoms with van der Waals surface area (Å²) in [7, 11) is 0. The smallest absolute Gasteiger partial charge is 0.358 e. The van der Waals surface area contributed by atoms with Crippen LogP contribution in [0.3, 0.4) is 0 Å². The molecule has 0 amide bonds. The molecule has 0 atom stereocenters. The maximum atomic E-state index is 10.6. The van der Waals surface area contributed by atoms with Crippen LogP contribution < -0.4 is 5.32 Å². The molecule has 0 unspecified atom stereocenters. The predicted octanol–water partition coefficient (Wildman–Crippen LogP) is 1.15. The zero-order valence-electron chi connectivity index (χ0n) is 10.7. The minimum Gasteiger partial charge on any atom is -0.476 e. The van der Waals surface area contributed by atoms with Gasteiger partial charge in [-0.3, -0.25) is 4.68 Å². The van der Waals surface area contributed by atoms with Crippen molar-refractivity contribution in [1.82, 2.24) is 20.3 Å². The Morgan fingerprint density at radius 2 is 2.39 bits per heavy atom. The van der Waals surface area contributed by atoms with Gasteiger partial charge in [-0.25, -0.2) is 4.79 Å². The monoisotopic (exact) mass is 252 g/mol. The van der Waals surface area contributed by atoms with Crippen LogP contribution in [0.15, 0.2) is 6.20 Å². The molecule has 0 spiro atoms. The molecule has 1 saturated carbocycles. The maximum absolute atomic E-state index is 10.6. The van der Waals surface area contributed by atoms with Gasteiger partial charge in [-0.15, -0.1) is 5.10 Å². The normalized spacial score (nSPS) is 17.4. The topological polar surface area (TPSA) is 80.0 Å². The van der Waals surface area contributed by atoms with Gasteiger partial charge in [0.15, 0.2) is 5.69 Å². The SMILES string of the molecule is CCC1(CNCCn2cc(C(=O)O)nn2)CCC1. The third-order valence-corrected chi connectivity index (χ3v) is 3.94. The second kappa shape index (κ2) is 5.48. The summed E-state index contributed by atoms with van der Waals surface area (Å²) in [4.78, 5) is 10.6. The zero-order chi connectivity index (χ0) is 13.0. The lowest BCUT2D eigenvalue weighted by Crippen LogP contribution is -2.40. The van der Waals surface area contributed by atoms with Crippen LogP contribution in [0.2, 0.25) is 0 Å². The van der Waals surface area contributed by atoms with E-state index in [2.05, 4.69) is 22.6 Å². The number of carboxylic acid groups (broad SMARTS) is 1. The van der Waals surface area contributed by atoms with Crippen molar-refractivity contribution in [3.8, 4) is 0 Å². The minimum atomic E-state index is -1.03. The molecule has 0 aliphatic heterocycles. The van der Waals surface area contributed by atoms with Gasteiger partial charge in [-0.1, -0.05) is 18.6 Å². The van der Waals surface area contributed by atoms with Crippen LogP contribution in [0.4, 0.5) is 0 Å². The van der Waals surface area contributed by atoms with Crippen LogP contribution >= 0.6 is 0 Å². The molecule has 1 aliphatic carbocycles. The van der Waals surface area contributed by atoms with E-state index < -0.39 is 5.97 Å². The van der Waals surface area contributed by atoms with E-state index in [0.29, 0.717) is 12.0 Å². The number of nitrogens with zero attached hydrogens (tertiary/aromatic N) is 3. The quantitative estimate of drug-likeness (QED) is 0.711. The van der Waals surface area contributed by atoms with Gasteiger partial charge in [-0.2, -0.15) is 0 Å². The average molecular weight is 252 g/mol. The number of rotatable bonds is 7. The van der Waals surface area contributed by atoms with Crippen LogP contribution in [0, 0.1) is 5.41 Å². The highest BCUT2D eigenvalue weighted by molar-refractivity contribution is 5.84. The molecule has 1 heterocycles. The highest BCUT2D eigenvalue weighted by atomic mass is 16.4. The summed E-state index contributed by atoms with van der Waals surface area (Å²) in [5.74, 6) is -1.03.